The van der Waals surface area contributed by atoms with Gasteiger partial charge in [0.1, 0.15) is 11.5 Å². The normalized spacial score (nSPS) is 22.1. The average Bonchev–Trinajstić information content (AvgIpc) is 2.84. The zero-order valence-corrected chi connectivity index (χ0v) is 21.1. The highest BCUT2D eigenvalue weighted by Gasteiger charge is 2.37. The second kappa shape index (κ2) is 10.2. The van der Waals surface area contributed by atoms with Gasteiger partial charge in [0.25, 0.3) is 5.91 Å². The fourth-order valence-corrected chi connectivity index (χ4v) is 5.38. The van der Waals surface area contributed by atoms with E-state index in [0.29, 0.717) is 23.8 Å². The van der Waals surface area contributed by atoms with E-state index in [0.717, 1.165) is 62.5 Å². The van der Waals surface area contributed by atoms with Crippen molar-refractivity contribution in [2.45, 2.75) is 72.0 Å². The van der Waals surface area contributed by atoms with Gasteiger partial charge in [-0.15, -0.1) is 0 Å². The number of aryl methyl sites for hydroxylation is 2. The fourth-order valence-electron chi connectivity index (χ4n) is 5.38. The lowest BCUT2D eigenvalue weighted by Crippen LogP contribution is -2.62. The first-order valence-electron chi connectivity index (χ1n) is 12.5. The number of rotatable bonds is 5. The number of benzene rings is 1. The highest BCUT2D eigenvalue weighted by atomic mass is 16.2. The lowest BCUT2D eigenvalue weighted by atomic mass is 9.95. The van der Waals surface area contributed by atoms with E-state index in [4.69, 9.17) is 0 Å². The maximum Gasteiger partial charge on any atom is 0.253 e. The number of carbonyl (C=O) groups is 2. The van der Waals surface area contributed by atoms with Crippen LogP contribution in [0.25, 0.3) is 0 Å². The molecule has 0 unspecified atom stereocenters. The minimum Gasteiger partial charge on any atom is -0.350 e. The summed E-state index contributed by atoms with van der Waals surface area (Å²) >= 11 is 0. The Balaban J connectivity index is 1.41. The van der Waals surface area contributed by atoms with Crippen molar-refractivity contribution in [3.63, 3.8) is 0 Å². The Hall–Kier alpha value is -2.80. The molecule has 1 aromatic carbocycles. The van der Waals surface area contributed by atoms with Gasteiger partial charge in [-0.2, -0.15) is 0 Å². The molecule has 0 bridgehead atoms. The van der Waals surface area contributed by atoms with Gasteiger partial charge < -0.3 is 9.80 Å². The number of piperidine rings is 1. The van der Waals surface area contributed by atoms with Gasteiger partial charge in [0.2, 0.25) is 0 Å². The molecule has 7 nitrogen and oxygen atoms in total. The molecule has 0 radical (unpaired) electrons. The molecule has 7 heteroatoms. The van der Waals surface area contributed by atoms with Crippen molar-refractivity contribution in [1.29, 1.82) is 0 Å². The Morgan fingerprint density at radius 2 is 1.74 bits per heavy atom. The molecule has 2 fully saturated rings. The number of anilines is 1. The molecule has 4 rings (SSSR count). The lowest BCUT2D eigenvalue weighted by molar-refractivity contribution is 0.0434. The number of carbonyl (C=O) groups excluding carboxylic acids is 2. The molecule has 3 heterocycles. The molecule has 1 aromatic heterocycles. The first kappa shape index (κ1) is 24.3. The Labute approximate surface area is 203 Å². The summed E-state index contributed by atoms with van der Waals surface area (Å²) in [6.45, 7) is 13.5. The van der Waals surface area contributed by atoms with E-state index in [1.165, 1.54) is 12.5 Å². The van der Waals surface area contributed by atoms with Crippen molar-refractivity contribution in [3.05, 3.63) is 53.0 Å². The van der Waals surface area contributed by atoms with E-state index in [1.807, 2.05) is 43.0 Å². The zero-order valence-electron chi connectivity index (χ0n) is 21.1. The number of nitrogens with zero attached hydrogens (tertiary/aromatic N) is 5. The first-order valence-corrected chi connectivity index (χ1v) is 12.5. The van der Waals surface area contributed by atoms with Gasteiger partial charge >= 0.3 is 0 Å². The number of likely N-dealkylation sites (tertiary alicyclic amines) is 1. The van der Waals surface area contributed by atoms with Crippen molar-refractivity contribution in [3.8, 4) is 0 Å². The minimum absolute atomic E-state index is 0.0568. The van der Waals surface area contributed by atoms with Gasteiger partial charge in [0, 0.05) is 56.8 Å². The summed E-state index contributed by atoms with van der Waals surface area (Å²) in [5.74, 6) is 0.972. The summed E-state index contributed by atoms with van der Waals surface area (Å²) in [7, 11) is 0. The maximum absolute atomic E-state index is 12.9. The monoisotopic (exact) mass is 463 g/mol. The SMILES string of the molecule is CC[C@H]1CN(c2ncc(C(C)=O)nc2C)[C@H](C)CN1C1CCN(C(=O)c2ccc(C)cc2)CC1. The maximum atomic E-state index is 12.9. The highest BCUT2D eigenvalue weighted by Crippen LogP contribution is 2.29. The first-order chi connectivity index (χ1) is 16.3. The second-order valence-corrected chi connectivity index (χ2v) is 9.87. The van der Waals surface area contributed by atoms with E-state index in [-0.39, 0.29) is 11.7 Å². The van der Waals surface area contributed by atoms with Crippen molar-refractivity contribution in [1.82, 2.24) is 19.8 Å². The molecule has 2 aliphatic heterocycles. The molecule has 0 spiro atoms. The minimum atomic E-state index is -0.0568. The summed E-state index contributed by atoms with van der Waals surface area (Å²) in [5, 5.41) is 0. The van der Waals surface area contributed by atoms with Crippen LogP contribution in [0.5, 0.6) is 0 Å². The Morgan fingerprint density at radius 1 is 1.06 bits per heavy atom. The van der Waals surface area contributed by atoms with E-state index >= 15 is 0 Å². The van der Waals surface area contributed by atoms with Gasteiger partial charge in [-0.05, 0) is 52.2 Å². The molecule has 2 aliphatic rings. The van der Waals surface area contributed by atoms with Crippen LogP contribution in [0.2, 0.25) is 0 Å². The molecular formula is C27H37N5O2. The van der Waals surface area contributed by atoms with Crippen LogP contribution in [0.1, 0.15) is 72.1 Å². The molecule has 2 atom stereocenters. The van der Waals surface area contributed by atoms with Gasteiger partial charge in [-0.25, -0.2) is 9.97 Å². The zero-order chi connectivity index (χ0) is 24.4. The summed E-state index contributed by atoms with van der Waals surface area (Å²) in [4.78, 5) is 40.8. The third kappa shape index (κ3) is 4.99. The molecule has 0 saturated carbocycles. The van der Waals surface area contributed by atoms with E-state index in [9.17, 15) is 9.59 Å². The predicted octanol–water partition coefficient (Wildman–Crippen LogP) is 3.89. The van der Waals surface area contributed by atoms with Crippen LogP contribution < -0.4 is 4.90 Å². The highest BCUT2D eigenvalue weighted by molar-refractivity contribution is 5.94. The Morgan fingerprint density at radius 3 is 2.32 bits per heavy atom. The summed E-state index contributed by atoms with van der Waals surface area (Å²) in [6, 6.07) is 9.10. The van der Waals surface area contributed by atoms with Crippen LogP contribution in [0.15, 0.2) is 30.5 Å². The van der Waals surface area contributed by atoms with E-state index in [2.05, 4.69) is 33.6 Å². The number of Topliss-reactive ketones (excluding diaryl/α,β-unsaturated/α-hetero) is 1. The van der Waals surface area contributed by atoms with Gasteiger partial charge in [-0.1, -0.05) is 24.6 Å². The number of ketones is 1. The predicted molar refractivity (Wildman–Crippen MR) is 134 cm³/mol. The smallest absolute Gasteiger partial charge is 0.253 e. The molecule has 0 N–H and O–H groups in total. The van der Waals surface area contributed by atoms with Gasteiger partial charge in [-0.3, -0.25) is 14.5 Å². The molecule has 2 saturated heterocycles. The number of piperazine rings is 1. The Bertz CT molecular complexity index is 1030. The molecule has 1 amide bonds. The summed E-state index contributed by atoms with van der Waals surface area (Å²) in [6.07, 6.45) is 4.68. The largest absolute Gasteiger partial charge is 0.350 e. The number of aromatic nitrogens is 2. The van der Waals surface area contributed by atoms with Crippen LogP contribution in [0.3, 0.4) is 0 Å². The topological polar surface area (TPSA) is 69.6 Å². The molecular weight excluding hydrogens is 426 g/mol. The quantitative estimate of drug-likeness (QED) is 0.627. The van der Waals surface area contributed by atoms with E-state index in [1.54, 1.807) is 6.20 Å². The van der Waals surface area contributed by atoms with Crippen molar-refractivity contribution < 1.29 is 9.59 Å². The molecule has 2 aromatic rings. The van der Waals surface area contributed by atoms with E-state index < -0.39 is 0 Å². The summed E-state index contributed by atoms with van der Waals surface area (Å²) < 4.78 is 0. The van der Waals surface area contributed by atoms with Crippen molar-refractivity contribution in [2.75, 3.05) is 31.1 Å². The van der Waals surface area contributed by atoms with Gasteiger partial charge in [0.15, 0.2) is 5.78 Å². The van der Waals surface area contributed by atoms with Crippen LogP contribution >= 0.6 is 0 Å². The third-order valence-corrected chi connectivity index (χ3v) is 7.43. The Kier molecular flexibility index (Phi) is 7.31. The number of hydrogen-bond acceptors (Lipinski definition) is 6. The lowest BCUT2D eigenvalue weighted by Gasteiger charge is -2.50. The molecule has 0 aliphatic carbocycles. The number of amides is 1. The van der Waals surface area contributed by atoms with Crippen LogP contribution in [-0.2, 0) is 0 Å². The number of hydrogen-bond donors (Lipinski definition) is 0. The second-order valence-electron chi connectivity index (χ2n) is 9.87. The van der Waals surface area contributed by atoms with Crippen LogP contribution in [-0.4, -0.2) is 75.8 Å². The van der Waals surface area contributed by atoms with Gasteiger partial charge in [0.05, 0.1) is 11.9 Å². The summed E-state index contributed by atoms with van der Waals surface area (Å²) in [5.41, 5.74) is 3.19. The van der Waals surface area contributed by atoms with Crippen molar-refractivity contribution >= 4 is 17.5 Å². The van der Waals surface area contributed by atoms with Crippen LogP contribution in [0, 0.1) is 13.8 Å². The van der Waals surface area contributed by atoms with Crippen LogP contribution in [0.4, 0.5) is 5.82 Å². The molecule has 34 heavy (non-hydrogen) atoms. The van der Waals surface area contributed by atoms with Crippen molar-refractivity contribution in [2.24, 2.45) is 0 Å². The average molecular weight is 464 g/mol. The molecule has 182 valence electrons. The standard InChI is InChI=1S/C27H37N5O2/c1-6-23-17-31(26-20(4)29-25(15-28-26)21(5)33)19(3)16-32(23)24-11-13-30(14-12-24)27(34)22-9-7-18(2)8-10-22/h7-10,15,19,23-24H,6,11-14,16-17H2,1-5H3/t19-,23+/m1/s1. The fraction of sp³-hybridized carbons (Fsp3) is 0.556. The third-order valence-electron chi connectivity index (χ3n) is 7.43.